The van der Waals surface area contributed by atoms with Gasteiger partial charge in [-0.05, 0) is 69.2 Å². The van der Waals surface area contributed by atoms with Crippen molar-refractivity contribution in [2.75, 3.05) is 18.4 Å². The average Bonchev–Trinajstić information content (AvgIpc) is 2.93. The Morgan fingerprint density at radius 1 is 1.05 bits per heavy atom. The first-order valence-electron chi connectivity index (χ1n) is 8.33. The van der Waals surface area contributed by atoms with E-state index in [0.29, 0.717) is 6.54 Å². The van der Waals surface area contributed by atoms with Crippen molar-refractivity contribution in [2.45, 2.75) is 57.6 Å². The molecule has 0 amide bonds. The van der Waals surface area contributed by atoms with Crippen LogP contribution in [0.2, 0.25) is 0 Å². The predicted octanol–water partition coefficient (Wildman–Crippen LogP) is 3.09. The number of aryl methyl sites for hydroxylation is 2. The van der Waals surface area contributed by atoms with Crippen LogP contribution in [0.15, 0.2) is 18.2 Å². The van der Waals surface area contributed by atoms with Gasteiger partial charge in [0.25, 0.3) is 0 Å². The van der Waals surface area contributed by atoms with E-state index in [2.05, 4.69) is 28.2 Å². The molecule has 0 heterocycles. The van der Waals surface area contributed by atoms with E-state index in [1.165, 1.54) is 36.1 Å². The first-order valence-corrected chi connectivity index (χ1v) is 9.88. The molecule has 0 bridgehead atoms. The molecule has 0 fully saturated rings. The third-order valence-electron chi connectivity index (χ3n) is 4.21. The van der Waals surface area contributed by atoms with Gasteiger partial charge in [-0.1, -0.05) is 12.5 Å². The molecule has 0 spiro atoms. The largest absolute Gasteiger partial charge is 0.385 e. The van der Waals surface area contributed by atoms with Crippen molar-refractivity contribution >= 4 is 15.7 Å². The fourth-order valence-corrected chi connectivity index (χ4v) is 3.48. The van der Waals surface area contributed by atoms with Crippen molar-refractivity contribution < 1.29 is 8.42 Å². The van der Waals surface area contributed by atoms with Crippen LogP contribution in [0.25, 0.3) is 0 Å². The van der Waals surface area contributed by atoms with Crippen LogP contribution in [0, 0.1) is 0 Å². The zero-order valence-electron chi connectivity index (χ0n) is 13.7. The monoisotopic (exact) mass is 324 g/mol. The molecule has 0 aromatic heterocycles. The maximum atomic E-state index is 11.6. The van der Waals surface area contributed by atoms with Gasteiger partial charge in [-0.2, -0.15) is 0 Å². The lowest BCUT2D eigenvalue weighted by atomic mass is 10.1. The van der Waals surface area contributed by atoms with Crippen LogP contribution < -0.4 is 10.0 Å². The minimum Gasteiger partial charge on any atom is -0.385 e. The van der Waals surface area contributed by atoms with Crippen molar-refractivity contribution in [3.8, 4) is 0 Å². The number of nitrogens with one attached hydrogen (secondary N) is 2. The summed E-state index contributed by atoms with van der Waals surface area (Å²) in [4.78, 5) is 0. The fraction of sp³-hybridized carbons (Fsp3) is 0.647. The van der Waals surface area contributed by atoms with Crippen LogP contribution in [-0.4, -0.2) is 26.8 Å². The van der Waals surface area contributed by atoms with Gasteiger partial charge >= 0.3 is 0 Å². The van der Waals surface area contributed by atoms with E-state index in [0.717, 1.165) is 25.8 Å². The topological polar surface area (TPSA) is 58.2 Å². The number of hydrogen-bond acceptors (Lipinski definition) is 3. The Labute approximate surface area is 134 Å². The first kappa shape index (κ1) is 17.3. The van der Waals surface area contributed by atoms with Gasteiger partial charge in [0.1, 0.15) is 0 Å². The van der Waals surface area contributed by atoms with E-state index in [-0.39, 0.29) is 5.25 Å². The molecule has 0 unspecified atom stereocenters. The van der Waals surface area contributed by atoms with E-state index >= 15 is 0 Å². The zero-order valence-corrected chi connectivity index (χ0v) is 14.5. The zero-order chi connectivity index (χ0) is 16.0. The Bertz CT molecular complexity index is 582. The minimum absolute atomic E-state index is 0.353. The van der Waals surface area contributed by atoms with Gasteiger partial charge in [0, 0.05) is 18.8 Å². The van der Waals surface area contributed by atoms with Crippen molar-refractivity contribution in [3.05, 3.63) is 29.3 Å². The lowest BCUT2D eigenvalue weighted by Gasteiger charge is -2.10. The smallest absolute Gasteiger partial charge is 0.213 e. The number of rotatable bonds is 9. The molecule has 22 heavy (non-hydrogen) atoms. The SMILES string of the molecule is CC(C)S(=O)(=O)NCCCCCNc1ccc2c(c1)CCC2. The summed E-state index contributed by atoms with van der Waals surface area (Å²) >= 11 is 0. The molecule has 0 saturated carbocycles. The van der Waals surface area contributed by atoms with Crippen LogP contribution in [0.1, 0.15) is 50.7 Å². The molecular weight excluding hydrogens is 296 g/mol. The van der Waals surface area contributed by atoms with Crippen LogP contribution in [0.5, 0.6) is 0 Å². The molecule has 1 aliphatic rings. The molecule has 1 aromatic rings. The molecule has 5 heteroatoms. The number of benzene rings is 1. The maximum absolute atomic E-state index is 11.6. The summed E-state index contributed by atoms with van der Waals surface area (Å²) < 4.78 is 25.8. The summed E-state index contributed by atoms with van der Waals surface area (Å²) in [6.45, 7) is 4.88. The number of anilines is 1. The molecule has 2 rings (SSSR count). The van der Waals surface area contributed by atoms with Gasteiger partial charge < -0.3 is 5.32 Å². The summed E-state index contributed by atoms with van der Waals surface area (Å²) in [6.07, 6.45) is 6.69. The van der Waals surface area contributed by atoms with Gasteiger partial charge in [0.2, 0.25) is 10.0 Å². The number of unbranched alkanes of at least 4 members (excludes halogenated alkanes) is 2. The van der Waals surface area contributed by atoms with E-state index in [1.807, 2.05) is 0 Å². The molecule has 2 N–H and O–H groups in total. The van der Waals surface area contributed by atoms with Crippen molar-refractivity contribution in [2.24, 2.45) is 0 Å². The number of hydrogen-bond donors (Lipinski definition) is 2. The summed E-state index contributed by atoms with van der Waals surface area (Å²) in [6, 6.07) is 6.69. The molecule has 124 valence electrons. The second-order valence-corrected chi connectivity index (χ2v) is 8.63. The molecule has 1 aromatic carbocycles. The maximum Gasteiger partial charge on any atom is 0.213 e. The third-order valence-corrected chi connectivity index (χ3v) is 6.05. The molecular formula is C17H28N2O2S. The second-order valence-electron chi connectivity index (χ2n) is 6.31. The molecule has 0 saturated heterocycles. The lowest BCUT2D eigenvalue weighted by molar-refractivity contribution is 0.566. The fourth-order valence-electron chi connectivity index (χ4n) is 2.72. The first-order chi connectivity index (χ1) is 10.5. The van der Waals surface area contributed by atoms with Crippen molar-refractivity contribution in [1.82, 2.24) is 4.72 Å². The van der Waals surface area contributed by atoms with Gasteiger partial charge in [-0.25, -0.2) is 13.1 Å². The summed E-state index contributed by atoms with van der Waals surface area (Å²) in [5.74, 6) is 0. The van der Waals surface area contributed by atoms with Crippen molar-refractivity contribution in [3.63, 3.8) is 0 Å². The van der Waals surface area contributed by atoms with E-state index in [1.54, 1.807) is 13.8 Å². The Morgan fingerprint density at radius 2 is 1.77 bits per heavy atom. The summed E-state index contributed by atoms with van der Waals surface area (Å²) in [5.41, 5.74) is 4.21. The lowest BCUT2D eigenvalue weighted by Crippen LogP contribution is -2.31. The van der Waals surface area contributed by atoms with Gasteiger partial charge in [-0.15, -0.1) is 0 Å². The standard InChI is InChI=1S/C17H28N2O2S/c1-14(2)22(20,21)19-12-5-3-4-11-18-17-10-9-15-7-6-8-16(15)13-17/h9-10,13-14,18-19H,3-8,11-12H2,1-2H3. The van der Waals surface area contributed by atoms with Crippen molar-refractivity contribution in [1.29, 1.82) is 0 Å². The van der Waals surface area contributed by atoms with Gasteiger partial charge in [-0.3, -0.25) is 0 Å². The Hall–Kier alpha value is -1.07. The number of sulfonamides is 1. The van der Waals surface area contributed by atoms with Gasteiger partial charge in [0.15, 0.2) is 0 Å². The predicted molar refractivity (Wildman–Crippen MR) is 92.9 cm³/mol. The highest BCUT2D eigenvalue weighted by Crippen LogP contribution is 2.24. The Kier molecular flexibility index (Phi) is 6.26. The van der Waals surface area contributed by atoms with Crippen LogP contribution in [0.4, 0.5) is 5.69 Å². The molecule has 1 aliphatic carbocycles. The van der Waals surface area contributed by atoms with Crippen LogP contribution in [0.3, 0.4) is 0 Å². The highest BCUT2D eigenvalue weighted by molar-refractivity contribution is 7.90. The number of fused-ring (bicyclic) bond motifs is 1. The van der Waals surface area contributed by atoms with E-state index < -0.39 is 10.0 Å². The molecule has 4 nitrogen and oxygen atoms in total. The third kappa shape index (κ3) is 4.99. The molecule has 0 radical (unpaired) electrons. The van der Waals surface area contributed by atoms with Crippen LogP contribution in [-0.2, 0) is 22.9 Å². The quantitative estimate of drug-likeness (QED) is 0.686. The highest BCUT2D eigenvalue weighted by atomic mass is 32.2. The summed E-state index contributed by atoms with van der Waals surface area (Å²) in [7, 11) is -3.11. The van der Waals surface area contributed by atoms with E-state index in [9.17, 15) is 8.42 Å². The van der Waals surface area contributed by atoms with Gasteiger partial charge in [0.05, 0.1) is 5.25 Å². The van der Waals surface area contributed by atoms with Crippen LogP contribution >= 0.6 is 0 Å². The Balaban J connectivity index is 1.58. The second kappa shape index (κ2) is 7.97. The average molecular weight is 324 g/mol. The normalized spacial score (nSPS) is 14.3. The highest BCUT2D eigenvalue weighted by Gasteiger charge is 2.14. The summed E-state index contributed by atoms with van der Waals surface area (Å²) in [5, 5.41) is 3.11. The van der Waals surface area contributed by atoms with E-state index in [4.69, 9.17) is 0 Å². The molecule has 0 atom stereocenters. The Morgan fingerprint density at radius 3 is 2.55 bits per heavy atom. The molecule has 0 aliphatic heterocycles. The minimum atomic E-state index is -3.11.